The van der Waals surface area contributed by atoms with Crippen LogP contribution in [0.15, 0.2) is 65.1 Å². The van der Waals surface area contributed by atoms with Crippen molar-refractivity contribution in [3.8, 4) is 11.5 Å². The minimum atomic E-state index is -0.518. The molecule has 1 heterocycles. The lowest BCUT2D eigenvalue weighted by atomic mass is 9.91. The summed E-state index contributed by atoms with van der Waals surface area (Å²) in [7, 11) is 1.43. The Hall–Kier alpha value is -3.91. The molecule has 0 unspecified atom stereocenters. The quantitative estimate of drug-likeness (QED) is 0.286. The van der Waals surface area contributed by atoms with Gasteiger partial charge < -0.3 is 14.6 Å². The number of amides is 2. The van der Waals surface area contributed by atoms with Gasteiger partial charge >= 0.3 is 5.97 Å². The fourth-order valence-corrected chi connectivity index (χ4v) is 4.15. The molecule has 172 valence electrons. The van der Waals surface area contributed by atoms with Crippen LogP contribution in [0.2, 0.25) is 0 Å². The number of ether oxygens (including phenoxy) is 2. The second-order valence-electron chi connectivity index (χ2n) is 7.37. The molecular weight excluding hydrogens is 502 g/mol. The zero-order valence-corrected chi connectivity index (χ0v) is 20.0. The summed E-state index contributed by atoms with van der Waals surface area (Å²) < 4.78 is 10.6. The van der Waals surface area contributed by atoms with Gasteiger partial charge in [0.1, 0.15) is 0 Å². The van der Waals surface area contributed by atoms with Crippen molar-refractivity contribution in [1.82, 2.24) is 0 Å². The topological polar surface area (TPSA) is 93.1 Å². The molecule has 1 aliphatic heterocycles. The minimum absolute atomic E-state index is 0.0569. The maximum atomic E-state index is 13.6. The summed E-state index contributed by atoms with van der Waals surface area (Å²) in [4.78, 5) is 39.9. The fourth-order valence-electron chi connectivity index (χ4n) is 3.69. The van der Waals surface area contributed by atoms with E-state index in [1.807, 2.05) is 0 Å². The van der Waals surface area contributed by atoms with Crippen LogP contribution in [-0.2, 0) is 9.53 Å². The number of halogens is 1. The summed E-state index contributed by atoms with van der Waals surface area (Å²) in [5.41, 5.74) is 2.40. The van der Waals surface area contributed by atoms with Gasteiger partial charge in [0.2, 0.25) is 0 Å². The highest BCUT2D eigenvalue weighted by atomic mass is 79.9. The number of rotatable bonds is 5. The summed E-state index contributed by atoms with van der Waals surface area (Å²) in [6.07, 6.45) is 1.64. The highest BCUT2D eigenvalue weighted by Gasteiger charge is 2.35. The van der Waals surface area contributed by atoms with E-state index in [9.17, 15) is 19.5 Å². The van der Waals surface area contributed by atoms with E-state index in [-0.39, 0.29) is 18.1 Å². The number of phenols is 1. The Bertz CT molecular complexity index is 1330. The fraction of sp³-hybridized carbons (Fsp3) is 0.115. The molecule has 0 fully saturated rings. The summed E-state index contributed by atoms with van der Waals surface area (Å²) in [6.45, 7) is 1.96. The van der Waals surface area contributed by atoms with E-state index in [4.69, 9.17) is 9.47 Å². The van der Waals surface area contributed by atoms with Crippen LogP contribution in [0.25, 0.3) is 11.6 Å². The monoisotopic (exact) mass is 521 g/mol. The molecule has 8 heteroatoms. The third-order valence-electron chi connectivity index (χ3n) is 5.30. The van der Waals surface area contributed by atoms with Crippen molar-refractivity contribution in [3.63, 3.8) is 0 Å². The third kappa shape index (κ3) is 4.20. The van der Waals surface area contributed by atoms with E-state index in [1.165, 1.54) is 31.4 Å². The minimum Gasteiger partial charge on any atom is -0.503 e. The van der Waals surface area contributed by atoms with Crippen molar-refractivity contribution in [2.45, 2.75) is 6.92 Å². The van der Waals surface area contributed by atoms with Crippen LogP contribution in [-0.4, -0.2) is 36.6 Å². The molecule has 0 bridgehead atoms. The van der Waals surface area contributed by atoms with Gasteiger partial charge in [-0.1, -0.05) is 18.2 Å². The number of esters is 1. The van der Waals surface area contributed by atoms with E-state index in [2.05, 4.69) is 15.9 Å². The molecule has 1 N–H and O–H groups in total. The molecule has 0 aliphatic carbocycles. The Balaban J connectivity index is 1.81. The lowest BCUT2D eigenvalue weighted by Crippen LogP contribution is -2.41. The summed E-state index contributed by atoms with van der Waals surface area (Å²) in [5.74, 6) is -1.29. The molecule has 0 atom stereocenters. The van der Waals surface area contributed by atoms with Crippen molar-refractivity contribution in [2.75, 3.05) is 18.6 Å². The van der Waals surface area contributed by atoms with E-state index in [0.717, 1.165) is 4.90 Å². The van der Waals surface area contributed by atoms with Gasteiger partial charge in [-0.25, -0.2) is 9.69 Å². The lowest BCUT2D eigenvalue weighted by molar-refractivity contribution is -0.112. The first kappa shape index (κ1) is 23.3. The number of imide groups is 1. The molecular formula is C26H20BrNO6. The van der Waals surface area contributed by atoms with Gasteiger partial charge in [0, 0.05) is 11.1 Å². The van der Waals surface area contributed by atoms with Crippen molar-refractivity contribution >= 4 is 51.1 Å². The van der Waals surface area contributed by atoms with E-state index < -0.39 is 17.8 Å². The highest BCUT2D eigenvalue weighted by molar-refractivity contribution is 9.10. The average molecular weight is 522 g/mol. The maximum absolute atomic E-state index is 13.6. The van der Waals surface area contributed by atoms with Crippen molar-refractivity contribution < 1.29 is 29.0 Å². The van der Waals surface area contributed by atoms with Crippen LogP contribution in [0.1, 0.15) is 38.8 Å². The van der Waals surface area contributed by atoms with Gasteiger partial charge in [-0.3, -0.25) is 9.59 Å². The second kappa shape index (κ2) is 9.52. The molecule has 0 aromatic heterocycles. The van der Waals surface area contributed by atoms with Gasteiger partial charge in [-0.15, -0.1) is 0 Å². The number of aromatic hydroxyl groups is 1. The summed E-state index contributed by atoms with van der Waals surface area (Å²) in [5, 5.41) is 10.1. The van der Waals surface area contributed by atoms with Crippen molar-refractivity contribution in [3.05, 3.63) is 87.4 Å². The van der Waals surface area contributed by atoms with Crippen LogP contribution in [0, 0.1) is 0 Å². The number of phenolic OH excluding ortho intramolecular Hbond substituents is 1. The van der Waals surface area contributed by atoms with Gasteiger partial charge in [0.15, 0.2) is 11.5 Å². The second-order valence-corrected chi connectivity index (χ2v) is 8.22. The molecule has 0 saturated heterocycles. The first-order valence-corrected chi connectivity index (χ1v) is 11.2. The SMILES string of the molecule is CCOC(=O)c1ccc(N2C(=O)C(=Cc3cc(Br)c(O)c(OC)c3)c3ccccc3C2=O)cc1. The van der Waals surface area contributed by atoms with E-state index in [0.29, 0.717) is 38.0 Å². The molecule has 1 aliphatic rings. The zero-order valence-electron chi connectivity index (χ0n) is 18.4. The number of hydrogen-bond donors (Lipinski definition) is 1. The van der Waals surface area contributed by atoms with Crippen LogP contribution in [0.4, 0.5) is 5.69 Å². The molecule has 0 spiro atoms. The Morgan fingerprint density at radius 3 is 2.35 bits per heavy atom. The zero-order chi connectivity index (χ0) is 24.4. The first-order chi connectivity index (χ1) is 16.3. The number of methoxy groups -OCH3 is 1. The maximum Gasteiger partial charge on any atom is 0.338 e. The molecule has 34 heavy (non-hydrogen) atoms. The Labute approximate surface area is 204 Å². The van der Waals surface area contributed by atoms with Crippen LogP contribution >= 0.6 is 15.9 Å². The normalized spacial score (nSPS) is 14.2. The van der Waals surface area contributed by atoms with E-state index in [1.54, 1.807) is 49.4 Å². The first-order valence-electron chi connectivity index (χ1n) is 10.4. The van der Waals surface area contributed by atoms with E-state index >= 15 is 0 Å². The number of benzene rings is 3. The average Bonchev–Trinajstić information content (AvgIpc) is 2.84. The predicted octanol–water partition coefficient (Wildman–Crippen LogP) is 5.07. The standard InChI is InChI=1S/C26H20BrNO6/c1-3-34-26(32)16-8-10-17(11-9-16)28-24(30)19-7-5-4-6-18(19)20(25(28)31)12-15-13-21(27)23(29)22(14-15)33-2/h4-14,29H,3H2,1-2H3. The number of nitrogens with zero attached hydrogens (tertiary/aromatic N) is 1. The Kier molecular flexibility index (Phi) is 6.51. The Morgan fingerprint density at radius 1 is 1.03 bits per heavy atom. The van der Waals surface area contributed by atoms with Crippen molar-refractivity contribution in [1.29, 1.82) is 0 Å². The van der Waals surface area contributed by atoms with Crippen LogP contribution in [0.5, 0.6) is 11.5 Å². The van der Waals surface area contributed by atoms with Gasteiger partial charge in [0.25, 0.3) is 11.8 Å². The predicted molar refractivity (Wildman–Crippen MR) is 131 cm³/mol. The highest BCUT2D eigenvalue weighted by Crippen LogP contribution is 2.38. The number of fused-ring (bicyclic) bond motifs is 1. The van der Waals surface area contributed by atoms with Gasteiger partial charge in [0.05, 0.1) is 29.4 Å². The smallest absolute Gasteiger partial charge is 0.338 e. The summed E-state index contributed by atoms with van der Waals surface area (Å²) >= 11 is 3.29. The molecule has 3 aromatic carbocycles. The lowest BCUT2D eigenvalue weighted by Gasteiger charge is -2.28. The van der Waals surface area contributed by atoms with Crippen LogP contribution in [0.3, 0.4) is 0 Å². The number of anilines is 1. The molecule has 0 radical (unpaired) electrons. The van der Waals surface area contributed by atoms with Crippen LogP contribution < -0.4 is 9.64 Å². The molecule has 0 saturated carbocycles. The third-order valence-corrected chi connectivity index (χ3v) is 5.91. The van der Waals surface area contributed by atoms with Crippen molar-refractivity contribution in [2.24, 2.45) is 0 Å². The molecule has 4 rings (SSSR count). The molecule has 2 amide bonds. The Morgan fingerprint density at radius 2 is 1.71 bits per heavy atom. The largest absolute Gasteiger partial charge is 0.503 e. The number of hydrogen-bond acceptors (Lipinski definition) is 6. The molecule has 3 aromatic rings. The van der Waals surface area contributed by atoms with Gasteiger partial charge in [-0.2, -0.15) is 0 Å². The number of carbonyl (C=O) groups is 3. The summed E-state index contributed by atoms with van der Waals surface area (Å²) in [6, 6.07) is 16.2. The molecule has 7 nitrogen and oxygen atoms in total. The van der Waals surface area contributed by atoms with Gasteiger partial charge in [-0.05, 0) is 82.5 Å². The number of carbonyl (C=O) groups excluding carboxylic acids is 3.